The molecule has 1 aliphatic rings. The second-order valence-corrected chi connectivity index (χ2v) is 6.52. The Kier molecular flexibility index (Phi) is 4.00. The minimum atomic E-state index is -0.388. The van der Waals surface area contributed by atoms with Gasteiger partial charge in [0.2, 0.25) is 5.91 Å². The molecule has 5 nitrogen and oxygen atoms in total. The fourth-order valence-electron chi connectivity index (χ4n) is 3.08. The zero-order valence-electron chi connectivity index (χ0n) is 12.7. The van der Waals surface area contributed by atoms with Crippen LogP contribution in [0.2, 0.25) is 5.02 Å². The Balaban J connectivity index is 1.97. The van der Waals surface area contributed by atoms with E-state index in [1.54, 1.807) is 22.8 Å². The molecule has 1 aliphatic heterocycles. The number of benzene rings is 1. The maximum Gasteiger partial charge on any atom is 0.420 e. The zero-order valence-corrected chi connectivity index (χ0v) is 13.5. The van der Waals surface area contributed by atoms with Gasteiger partial charge < -0.3 is 9.32 Å². The number of oxazole rings is 1. The van der Waals surface area contributed by atoms with Crippen molar-refractivity contribution in [2.24, 2.45) is 5.92 Å². The highest BCUT2D eigenvalue weighted by molar-refractivity contribution is 6.31. The first-order valence-electron chi connectivity index (χ1n) is 7.56. The molecule has 0 N–H and O–H groups in total. The molecule has 0 unspecified atom stereocenters. The molecule has 1 amide bonds. The van der Waals surface area contributed by atoms with Crippen molar-refractivity contribution in [1.29, 1.82) is 0 Å². The molecule has 118 valence electrons. The summed E-state index contributed by atoms with van der Waals surface area (Å²) in [5.41, 5.74) is 1.23. The molecule has 3 rings (SSSR count). The van der Waals surface area contributed by atoms with Crippen molar-refractivity contribution in [1.82, 2.24) is 9.47 Å². The molecule has 0 bridgehead atoms. The largest absolute Gasteiger partial charge is 0.420 e. The number of aromatic nitrogens is 1. The van der Waals surface area contributed by atoms with Crippen LogP contribution in [-0.4, -0.2) is 28.5 Å². The average Bonchev–Trinajstić information content (AvgIpc) is 2.81. The maximum absolute atomic E-state index is 12.2. The van der Waals surface area contributed by atoms with Gasteiger partial charge in [-0.3, -0.25) is 9.36 Å². The summed E-state index contributed by atoms with van der Waals surface area (Å²) in [5.74, 6) is -0.296. The van der Waals surface area contributed by atoms with E-state index < -0.39 is 0 Å². The quantitative estimate of drug-likeness (QED) is 0.853. The summed E-state index contributed by atoms with van der Waals surface area (Å²) in [6, 6.07) is 5.08. The number of carbonyl (C=O) groups excluding carboxylic acids is 1. The Hall–Kier alpha value is -1.75. The summed E-state index contributed by atoms with van der Waals surface area (Å²) in [5, 5.41) is 0.563. The van der Waals surface area contributed by atoms with Crippen LogP contribution in [0.25, 0.3) is 11.1 Å². The first-order chi connectivity index (χ1) is 10.5. The summed E-state index contributed by atoms with van der Waals surface area (Å²) in [4.78, 5) is 26.3. The maximum atomic E-state index is 12.2. The van der Waals surface area contributed by atoms with Gasteiger partial charge in [0.05, 0.1) is 11.6 Å². The zero-order chi connectivity index (χ0) is 15.9. The van der Waals surface area contributed by atoms with Crippen molar-refractivity contribution >= 4 is 28.6 Å². The predicted molar refractivity (Wildman–Crippen MR) is 85.2 cm³/mol. The van der Waals surface area contributed by atoms with Crippen LogP contribution >= 0.6 is 11.6 Å². The van der Waals surface area contributed by atoms with Gasteiger partial charge in [-0.1, -0.05) is 25.4 Å². The van der Waals surface area contributed by atoms with Gasteiger partial charge in [-0.15, -0.1) is 0 Å². The van der Waals surface area contributed by atoms with Gasteiger partial charge in [0.25, 0.3) is 0 Å². The number of rotatable bonds is 2. The lowest BCUT2D eigenvalue weighted by atomic mass is 10.0. The van der Waals surface area contributed by atoms with E-state index >= 15 is 0 Å². The smallest absolute Gasteiger partial charge is 0.408 e. The lowest BCUT2D eigenvalue weighted by Gasteiger charge is -2.34. The Morgan fingerprint density at radius 2 is 2.18 bits per heavy atom. The lowest BCUT2D eigenvalue weighted by Crippen LogP contribution is -2.43. The molecule has 0 aliphatic carbocycles. The van der Waals surface area contributed by atoms with E-state index in [9.17, 15) is 9.59 Å². The fraction of sp³-hybridized carbons (Fsp3) is 0.500. The molecule has 1 aromatic carbocycles. The summed E-state index contributed by atoms with van der Waals surface area (Å²) < 4.78 is 6.94. The molecular formula is C16H19ClN2O3. The van der Waals surface area contributed by atoms with Gasteiger partial charge in [-0.2, -0.15) is 0 Å². The number of halogens is 1. The van der Waals surface area contributed by atoms with E-state index in [2.05, 4.69) is 0 Å². The van der Waals surface area contributed by atoms with E-state index in [0.29, 0.717) is 22.7 Å². The van der Waals surface area contributed by atoms with E-state index in [4.69, 9.17) is 16.0 Å². The standard InChI is InChI=1S/C16H19ClN2O3/c1-10(2)15(20)18-7-3-4-12(9-18)19-13-8-11(17)5-6-14(13)22-16(19)21/h5-6,8,10,12H,3-4,7,9H2,1-2H3/t12-/m0/s1. The second kappa shape index (κ2) is 5.80. The number of hydrogen-bond donors (Lipinski definition) is 0. The van der Waals surface area contributed by atoms with Crippen LogP contribution in [0.5, 0.6) is 0 Å². The molecule has 1 aromatic heterocycles. The van der Waals surface area contributed by atoms with Gasteiger partial charge >= 0.3 is 5.76 Å². The fourth-order valence-corrected chi connectivity index (χ4v) is 3.25. The van der Waals surface area contributed by atoms with Crippen LogP contribution in [0.3, 0.4) is 0 Å². The van der Waals surface area contributed by atoms with Gasteiger partial charge in [0.15, 0.2) is 5.58 Å². The number of carbonyl (C=O) groups is 1. The number of nitrogens with zero attached hydrogens (tertiary/aromatic N) is 2. The third-order valence-corrected chi connectivity index (χ3v) is 4.38. The molecule has 1 saturated heterocycles. The lowest BCUT2D eigenvalue weighted by molar-refractivity contribution is -0.136. The highest BCUT2D eigenvalue weighted by Gasteiger charge is 2.28. The van der Waals surface area contributed by atoms with Crippen molar-refractivity contribution < 1.29 is 9.21 Å². The van der Waals surface area contributed by atoms with Crippen LogP contribution in [-0.2, 0) is 4.79 Å². The van der Waals surface area contributed by atoms with Crippen LogP contribution in [0.15, 0.2) is 27.4 Å². The van der Waals surface area contributed by atoms with E-state index in [1.165, 1.54) is 0 Å². The Morgan fingerprint density at radius 1 is 1.41 bits per heavy atom. The van der Waals surface area contributed by atoms with Crippen molar-refractivity contribution in [2.75, 3.05) is 13.1 Å². The Bertz CT molecular complexity index is 762. The number of fused-ring (bicyclic) bond motifs is 1. The van der Waals surface area contributed by atoms with Gasteiger partial charge in [0, 0.05) is 24.0 Å². The van der Waals surface area contributed by atoms with Crippen molar-refractivity contribution in [3.8, 4) is 0 Å². The first-order valence-corrected chi connectivity index (χ1v) is 7.94. The molecule has 2 aromatic rings. The van der Waals surface area contributed by atoms with E-state index in [1.807, 2.05) is 18.7 Å². The van der Waals surface area contributed by atoms with Gasteiger partial charge in [-0.25, -0.2) is 4.79 Å². The van der Waals surface area contributed by atoms with Gasteiger partial charge in [0.1, 0.15) is 0 Å². The third-order valence-electron chi connectivity index (χ3n) is 4.14. The molecule has 1 atom stereocenters. The molecule has 6 heteroatoms. The monoisotopic (exact) mass is 322 g/mol. The molecule has 0 radical (unpaired) electrons. The minimum Gasteiger partial charge on any atom is -0.408 e. The van der Waals surface area contributed by atoms with Crippen LogP contribution < -0.4 is 5.76 Å². The van der Waals surface area contributed by atoms with Crippen LogP contribution in [0.1, 0.15) is 32.7 Å². The van der Waals surface area contributed by atoms with Gasteiger partial charge in [-0.05, 0) is 31.0 Å². The highest BCUT2D eigenvalue weighted by Crippen LogP contribution is 2.27. The molecule has 22 heavy (non-hydrogen) atoms. The van der Waals surface area contributed by atoms with Crippen molar-refractivity contribution in [3.05, 3.63) is 33.8 Å². The van der Waals surface area contributed by atoms with E-state index in [0.717, 1.165) is 19.4 Å². The summed E-state index contributed by atoms with van der Waals surface area (Å²) >= 11 is 6.04. The number of piperidine rings is 1. The first kappa shape index (κ1) is 15.2. The second-order valence-electron chi connectivity index (χ2n) is 6.09. The molecule has 0 saturated carbocycles. The van der Waals surface area contributed by atoms with Crippen LogP contribution in [0.4, 0.5) is 0 Å². The Morgan fingerprint density at radius 3 is 2.91 bits per heavy atom. The van der Waals surface area contributed by atoms with Crippen molar-refractivity contribution in [2.45, 2.75) is 32.7 Å². The molecule has 2 heterocycles. The topological polar surface area (TPSA) is 55.5 Å². The molecule has 1 fully saturated rings. The van der Waals surface area contributed by atoms with Crippen molar-refractivity contribution in [3.63, 3.8) is 0 Å². The highest BCUT2D eigenvalue weighted by atomic mass is 35.5. The predicted octanol–water partition coefficient (Wildman–Crippen LogP) is 3.07. The van der Waals surface area contributed by atoms with E-state index in [-0.39, 0.29) is 23.6 Å². The number of likely N-dealkylation sites (tertiary alicyclic amines) is 1. The van der Waals surface area contributed by atoms with Crippen LogP contribution in [0, 0.1) is 5.92 Å². The summed E-state index contributed by atoms with van der Waals surface area (Å²) in [6.45, 7) is 5.08. The minimum absolute atomic E-state index is 0.0361. The molecular weight excluding hydrogens is 304 g/mol. The number of hydrogen-bond acceptors (Lipinski definition) is 3. The average molecular weight is 323 g/mol. The summed E-state index contributed by atoms with van der Waals surface area (Å²) in [6.07, 6.45) is 1.73. The SMILES string of the molecule is CC(C)C(=O)N1CCC[C@H](n2c(=O)oc3ccc(Cl)cc32)C1. The third kappa shape index (κ3) is 2.65. The Labute approximate surface area is 133 Å². The number of amides is 1. The normalized spacial score (nSPS) is 19.1. The summed E-state index contributed by atoms with van der Waals surface area (Å²) in [7, 11) is 0. The molecule has 0 spiro atoms.